The molecule has 8 heteroatoms. The van der Waals surface area contributed by atoms with E-state index in [-0.39, 0.29) is 24.8 Å². The maximum atomic E-state index is 12.1. The quantitative estimate of drug-likeness (QED) is 0.621. The van der Waals surface area contributed by atoms with Gasteiger partial charge in [0, 0.05) is 24.2 Å². The molecule has 2 aromatic rings. The monoisotopic (exact) mass is 377 g/mol. The summed E-state index contributed by atoms with van der Waals surface area (Å²) in [5.74, 6) is -0.409. The molecule has 0 unspecified atom stereocenters. The first-order valence-corrected chi connectivity index (χ1v) is 9.31. The van der Waals surface area contributed by atoms with Crippen LogP contribution in [-0.4, -0.2) is 42.8 Å². The molecule has 140 valence electrons. The number of hydrogen-bond acceptors (Lipinski definition) is 6. The van der Waals surface area contributed by atoms with Crippen LogP contribution >= 0.6 is 11.3 Å². The van der Waals surface area contributed by atoms with Gasteiger partial charge >= 0.3 is 0 Å². The number of amides is 2. The fraction of sp³-hybridized carbons (Fsp3) is 0.389. The Morgan fingerprint density at radius 2 is 1.85 bits per heavy atom. The van der Waals surface area contributed by atoms with E-state index in [1.807, 2.05) is 19.9 Å². The summed E-state index contributed by atoms with van der Waals surface area (Å²) in [6.07, 6.45) is -0.326. The molecule has 0 radical (unpaired) electrons. The van der Waals surface area contributed by atoms with Crippen LogP contribution in [-0.2, 0) is 20.7 Å². The zero-order valence-corrected chi connectivity index (χ0v) is 15.7. The lowest BCUT2D eigenvalue weighted by Gasteiger charge is -2.17. The van der Waals surface area contributed by atoms with E-state index >= 15 is 0 Å². The van der Waals surface area contributed by atoms with Crippen LogP contribution < -0.4 is 10.6 Å². The first kappa shape index (κ1) is 20.0. The Morgan fingerprint density at radius 1 is 1.15 bits per heavy atom. The Balaban J connectivity index is 1.81. The van der Waals surface area contributed by atoms with Gasteiger partial charge in [0.05, 0.1) is 18.7 Å². The van der Waals surface area contributed by atoms with Gasteiger partial charge in [-0.25, -0.2) is 4.98 Å². The summed E-state index contributed by atoms with van der Waals surface area (Å²) < 4.78 is 10.7. The molecule has 0 aliphatic rings. The second kappa shape index (κ2) is 10.6. The summed E-state index contributed by atoms with van der Waals surface area (Å²) >= 11 is 1.28. The molecule has 0 spiro atoms. The largest absolute Gasteiger partial charge is 0.351 e. The van der Waals surface area contributed by atoms with Gasteiger partial charge in [-0.2, -0.15) is 0 Å². The van der Waals surface area contributed by atoms with E-state index in [9.17, 15) is 9.59 Å². The lowest BCUT2D eigenvalue weighted by molar-refractivity contribution is -0.140. The van der Waals surface area contributed by atoms with E-state index in [2.05, 4.69) is 15.6 Å². The van der Waals surface area contributed by atoms with Crippen molar-refractivity contribution in [2.45, 2.75) is 26.6 Å². The summed E-state index contributed by atoms with van der Waals surface area (Å²) in [6.45, 7) is 5.04. The molecule has 0 bridgehead atoms. The normalized spacial score (nSPS) is 10.7. The highest BCUT2D eigenvalue weighted by atomic mass is 32.1. The summed E-state index contributed by atoms with van der Waals surface area (Å²) in [7, 11) is 0. The standard InChI is InChI=1S/C18H23N3O4S/c1-3-24-16(25-4-2)11-19-15(22)10-14-12-26-18(20-14)21-17(23)13-8-6-5-7-9-13/h5-9,12,16H,3-4,10-11H2,1-2H3,(H,19,22)(H,20,21,23). The van der Waals surface area contributed by atoms with E-state index in [4.69, 9.17) is 9.47 Å². The average molecular weight is 377 g/mol. The van der Waals surface area contributed by atoms with Crippen LogP contribution in [0.25, 0.3) is 0 Å². The molecule has 1 aromatic heterocycles. The molecule has 2 amide bonds. The molecular formula is C18H23N3O4S. The minimum Gasteiger partial charge on any atom is -0.351 e. The second-order valence-electron chi connectivity index (χ2n) is 5.29. The number of nitrogens with one attached hydrogen (secondary N) is 2. The molecule has 0 saturated heterocycles. The van der Waals surface area contributed by atoms with Gasteiger partial charge in [0.2, 0.25) is 5.91 Å². The van der Waals surface area contributed by atoms with Crippen molar-refractivity contribution in [2.24, 2.45) is 0 Å². The Morgan fingerprint density at radius 3 is 2.50 bits per heavy atom. The maximum absolute atomic E-state index is 12.1. The third-order valence-corrected chi connectivity index (χ3v) is 4.13. The van der Waals surface area contributed by atoms with E-state index in [0.29, 0.717) is 29.6 Å². The van der Waals surface area contributed by atoms with Crippen molar-refractivity contribution >= 4 is 28.3 Å². The van der Waals surface area contributed by atoms with E-state index < -0.39 is 6.29 Å². The van der Waals surface area contributed by atoms with E-state index in [1.54, 1.807) is 29.6 Å². The number of hydrogen-bond donors (Lipinski definition) is 2. The zero-order valence-electron chi connectivity index (χ0n) is 14.9. The molecule has 0 fully saturated rings. The van der Waals surface area contributed by atoms with Crippen molar-refractivity contribution < 1.29 is 19.1 Å². The van der Waals surface area contributed by atoms with Crippen LogP contribution in [0.5, 0.6) is 0 Å². The molecule has 1 aromatic carbocycles. The SMILES string of the molecule is CCOC(CNC(=O)Cc1csc(NC(=O)c2ccccc2)n1)OCC. The molecule has 2 N–H and O–H groups in total. The zero-order chi connectivity index (χ0) is 18.8. The number of thiazole rings is 1. The van der Waals surface area contributed by atoms with Crippen molar-refractivity contribution in [3.63, 3.8) is 0 Å². The fourth-order valence-corrected chi connectivity index (χ4v) is 2.87. The van der Waals surface area contributed by atoms with Crippen molar-refractivity contribution in [3.8, 4) is 0 Å². The highest BCUT2D eigenvalue weighted by Gasteiger charge is 2.13. The number of benzene rings is 1. The van der Waals surface area contributed by atoms with Crippen LogP contribution in [0.2, 0.25) is 0 Å². The van der Waals surface area contributed by atoms with Crippen molar-refractivity contribution in [2.75, 3.05) is 25.1 Å². The minimum absolute atomic E-state index is 0.128. The summed E-state index contributed by atoms with van der Waals surface area (Å²) in [5, 5.41) is 7.71. The summed E-state index contributed by atoms with van der Waals surface area (Å²) in [6, 6.07) is 8.89. The molecule has 2 rings (SSSR count). The Kier molecular flexibility index (Phi) is 8.20. The minimum atomic E-state index is -0.454. The molecular weight excluding hydrogens is 354 g/mol. The van der Waals surface area contributed by atoms with Gasteiger partial charge in [0.1, 0.15) is 0 Å². The summed E-state index contributed by atoms with van der Waals surface area (Å²) in [5.41, 5.74) is 1.15. The van der Waals surface area contributed by atoms with Crippen LogP contribution in [0, 0.1) is 0 Å². The van der Waals surface area contributed by atoms with E-state index in [0.717, 1.165) is 0 Å². The van der Waals surface area contributed by atoms with E-state index in [1.165, 1.54) is 11.3 Å². The van der Waals surface area contributed by atoms with Crippen molar-refractivity contribution in [1.29, 1.82) is 0 Å². The number of carbonyl (C=O) groups excluding carboxylic acids is 2. The molecule has 0 aliphatic heterocycles. The van der Waals surface area contributed by atoms with Crippen LogP contribution in [0.4, 0.5) is 5.13 Å². The van der Waals surface area contributed by atoms with Gasteiger partial charge in [-0.3, -0.25) is 14.9 Å². The number of aromatic nitrogens is 1. The predicted octanol–water partition coefficient (Wildman–Crippen LogP) is 2.45. The van der Waals surface area contributed by atoms with Gasteiger partial charge in [-0.1, -0.05) is 18.2 Å². The fourth-order valence-electron chi connectivity index (χ4n) is 2.17. The molecule has 1 heterocycles. The molecule has 26 heavy (non-hydrogen) atoms. The van der Waals surface area contributed by atoms with Gasteiger partial charge in [-0.15, -0.1) is 11.3 Å². The highest BCUT2D eigenvalue weighted by molar-refractivity contribution is 7.14. The van der Waals surface area contributed by atoms with Crippen LogP contribution in [0.3, 0.4) is 0 Å². The number of carbonyl (C=O) groups is 2. The lowest BCUT2D eigenvalue weighted by Crippen LogP contribution is -2.36. The number of nitrogens with zero attached hydrogens (tertiary/aromatic N) is 1. The first-order valence-electron chi connectivity index (χ1n) is 8.43. The number of ether oxygens (including phenoxy) is 2. The van der Waals surface area contributed by atoms with Gasteiger partial charge in [-0.05, 0) is 26.0 Å². The molecule has 0 saturated carbocycles. The molecule has 7 nitrogen and oxygen atoms in total. The van der Waals surface area contributed by atoms with Gasteiger partial charge in [0.15, 0.2) is 11.4 Å². The summed E-state index contributed by atoms with van der Waals surface area (Å²) in [4.78, 5) is 28.4. The molecule has 0 aliphatic carbocycles. The average Bonchev–Trinajstić information content (AvgIpc) is 3.07. The number of anilines is 1. The van der Waals surface area contributed by atoms with Crippen LogP contribution in [0.1, 0.15) is 29.9 Å². The highest BCUT2D eigenvalue weighted by Crippen LogP contribution is 2.17. The number of rotatable bonds is 10. The predicted molar refractivity (Wildman–Crippen MR) is 100 cm³/mol. The smallest absolute Gasteiger partial charge is 0.257 e. The van der Waals surface area contributed by atoms with Crippen LogP contribution in [0.15, 0.2) is 35.7 Å². The topological polar surface area (TPSA) is 89.6 Å². The first-order chi connectivity index (χ1) is 12.6. The lowest BCUT2D eigenvalue weighted by atomic mass is 10.2. The Bertz CT molecular complexity index is 699. The van der Waals surface area contributed by atoms with Crippen molar-refractivity contribution in [1.82, 2.24) is 10.3 Å². The molecule has 0 atom stereocenters. The van der Waals surface area contributed by atoms with Gasteiger partial charge in [0.25, 0.3) is 5.91 Å². The third kappa shape index (κ3) is 6.55. The Labute approximate surface area is 156 Å². The Hall–Kier alpha value is -2.29. The van der Waals surface area contributed by atoms with Gasteiger partial charge < -0.3 is 14.8 Å². The third-order valence-electron chi connectivity index (χ3n) is 3.32. The maximum Gasteiger partial charge on any atom is 0.257 e. The van der Waals surface area contributed by atoms with Crippen molar-refractivity contribution in [3.05, 3.63) is 47.0 Å². The second-order valence-corrected chi connectivity index (χ2v) is 6.14.